The van der Waals surface area contributed by atoms with Gasteiger partial charge in [0.15, 0.2) is 0 Å². The van der Waals surface area contributed by atoms with E-state index in [1.807, 2.05) is 48.3 Å². The van der Waals surface area contributed by atoms with Crippen LogP contribution in [0.1, 0.15) is 24.4 Å². The molecular weight excluding hydrogens is 391 g/mol. The number of fused-ring (bicyclic) bond motifs is 5. The van der Waals surface area contributed by atoms with Crippen molar-refractivity contribution in [3.05, 3.63) is 53.1 Å². The lowest BCUT2D eigenvalue weighted by Crippen LogP contribution is -2.52. The Morgan fingerprint density at radius 2 is 1.89 bits per heavy atom. The third kappa shape index (κ3) is 3.17. The van der Waals surface area contributed by atoms with E-state index in [1.54, 1.807) is 6.07 Å². The Balaban J connectivity index is 1.85. The molecule has 2 heterocycles. The molecule has 2 aliphatic heterocycles. The number of carbonyl (C=O) groups is 1. The summed E-state index contributed by atoms with van der Waals surface area (Å²) in [5, 5.41) is 2.78. The standard InChI is InChI=1S/C20H19ClF3N3O/c1-26-15-7-3-2-5-13(15)18-14(25-19(28)20(22,23)24)6-4-10-27(18)17-11-12(21)8-9-16(17)26/h2-3,5,7-9,11,14,18H,4,6,10H2,1H3,(H,25,28)/t14-,18-/m1/s1. The molecule has 0 bridgehead atoms. The fourth-order valence-corrected chi connectivity index (χ4v) is 4.40. The second-order valence-corrected chi connectivity index (χ2v) is 7.55. The molecule has 1 saturated heterocycles. The highest BCUT2D eigenvalue weighted by atomic mass is 35.5. The van der Waals surface area contributed by atoms with Crippen LogP contribution in [0.25, 0.3) is 0 Å². The SMILES string of the molecule is CN1c2ccccc2[C@@H]2[C@H](NC(=O)C(F)(F)F)CCCN2c2cc(Cl)ccc21. The van der Waals surface area contributed by atoms with Gasteiger partial charge in [-0.3, -0.25) is 4.79 Å². The van der Waals surface area contributed by atoms with E-state index >= 15 is 0 Å². The van der Waals surface area contributed by atoms with Crippen LogP contribution in [-0.2, 0) is 4.79 Å². The first-order chi connectivity index (χ1) is 13.3. The number of piperidine rings is 1. The molecule has 2 atom stereocenters. The van der Waals surface area contributed by atoms with Gasteiger partial charge in [-0.1, -0.05) is 29.8 Å². The van der Waals surface area contributed by atoms with E-state index < -0.39 is 24.2 Å². The van der Waals surface area contributed by atoms with Crippen LogP contribution in [0.5, 0.6) is 0 Å². The van der Waals surface area contributed by atoms with Crippen molar-refractivity contribution in [2.24, 2.45) is 0 Å². The molecule has 1 fully saturated rings. The number of anilines is 3. The summed E-state index contributed by atoms with van der Waals surface area (Å²) in [5.41, 5.74) is 3.54. The maximum Gasteiger partial charge on any atom is 0.471 e. The van der Waals surface area contributed by atoms with Gasteiger partial charge in [-0.25, -0.2) is 0 Å². The molecule has 1 amide bonds. The average Bonchev–Trinajstić information content (AvgIpc) is 2.76. The van der Waals surface area contributed by atoms with Crippen molar-refractivity contribution in [1.29, 1.82) is 0 Å². The van der Waals surface area contributed by atoms with Crippen molar-refractivity contribution in [1.82, 2.24) is 5.32 Å². The van der Waals surface area contributed by atoms with Crippen LogP contribution in [0.4, 0.5) is 30.2 Å². The number of halogens is 4. The van der Waals surface area contributed by atoms with Gasteiger partial charge in [0.05, 0.1) is 23.5 Å². The molecule has 1 N–H and O–H groups in total. The molecule has 4 nitrogen and oxygen atoms in total. The molecular formula is C20H19ClF3N3O. The molecule has 2 aromatic rings. The van der Waals surface area contributed by atoms with E-state index in [2.05, 4.69) is 10.2 Å². The highest BCUT2D eigenvalue weighted by Gasteiger charge is 2.44. The lowest BCUT2D eigenvalue weighted by atomic mass is 9.89. The second kappa shape index (κ2) is 6.88. The Hall–Kier alpha value is -2.41. The topological polar surface area (TPSA) is 35.6 Å². The van der Waals surface area contributed by atoms with Crippen LogP contribution in [-0.4, -0.2) is 31.7 Å². The molecule has 0 aromatic heterocycles. The lowest BCUT2D eigenvalue weighted by Gasteiger charge is -2.43. The van der Waals surface area contributed by atoms with E-state index in [0.29, 0.717) is 24.4 Å². The van der Waals surface area contributed by atoms with Gasteiger partial charge in [0.25, 0.3) is 0 Å². The molecule has 0 saturated carbocycles. The first-order valence-electron chi connectivity index (χ1n) is 9.04. The summed E-state index contributed by atoms with van der Waals surface area (Å²) >= 11 is 6.24. The first kappa shape index (κ1) is 18.9. The average molecular weight is 410 g/mol. The maximum atomic E-state index is 12.9. The lowest BCUT2D eigenvalue weighted by molar-refractivity contribution is -0.174. The fraction of sp³-hybridized carbons (Fsp3) is 0.350. The minimum atomic E-state index is -4.91. The molecule has 2 aliphatic rings. The van der Waals surface area contributed by atoms with Crippen molar-refractivity contribution >= 4 is 34.6 Å². The Bertz CT molecular complexity index is 918. The predicted octanol–water partition coefficient (Wildman–Crippen LogP) is 4.81. The summed E-state index contributed by atoms with van der Waals surface area (Å²) < 4.78 is 38.7. The quantitative estimate of drug-likeness (QED) is 0.734. The van der Waals surface area contributed by atoms with Crippen molar-refractivity contribution < 1.29 is 18.0 Å². The van der Waals surface area contributed by atoms with E-state index in [0.717, 1.165) is 22.6 Å². The third-order valence-electron chi connectivity index (χ3n) is 5.43. The number of alkyl halides is 3. The molecule has 0 unspecified atom stereocenters. The number of amides is 1. The molecule has 148 valence electrons. The van der Waals surface area contributed by atoms with Crippen LogP contribution < -0.4 is 15.1 Å². The molecule has 0 aliphatic carbocycles. The van der Waals surface area contributed by atoms with Crippen molar-refractivity contribution in [3.8, 4) is 0 Å². The van der Waals surface area contributed by atoms with Gasteiger partial charge in [-0.15, -0.1) is 0 Å². The molecule has 28 heavy (non-hydrogen) atoms. The number of rotatable bonds is 1. The molecule has 2 aromatic carbocycles. The van der Waals surface area contributed by atoms with E-state index in [-0.39, 0.29) is 0 Å². The number of nitrogens with zero attached hydrogens (tertiary/aromatic N) is 2. The Morgan fingerprint density at radius 1 is 1.14 bits per heavy atom. The smallest absolute Gasteiger partial charge is 0.361 e. The second-order valence-electron chi connectivity index (χ2n) is 7.11. The van der Waals surface area contributed by atoms with Crippen LogP contribution >= 0.6 is 11.6 Å². The van der Waals surface area contributed by atoms with Gasteiger partial charge in [0, 0.05) is 29.9 Å². The number of hydrogen-bond acceptors (Lipinski definition) is 3. The van der Waals surface area contributed by atoms with Crippen molar-refractivity contribution in [2.45, 2.75) is 31.1 Å². The van der Waals surface area contributed by atoms with Crippen LogP contribution in [0.15, 0.2) is 42.5 Å². The molecule has 0 radical (unpaired) electrons. The van der Waals surface area contributed by atoms with Gasteiger partial charge in [0.2, 0.25) is 0 Å². The first-order valence-corrected chi connectivity index (χ1v) is 9.41. The fourth-order valence-electron chi connectivity index (χ4n) is 4.24. The van der Waals surface area contributed by atoms with Gasteiger partial charge < -0.3 is 15.1 Å². The van der Waals surface area contributed by atoms with E-state index in [9.17, 15) is 18.0 Å². The monoisotopic (exact) mass is 409 g/mol. The summed E-state index contributed by atoms with van der Waals surface area (Å²) in [5.74, 6) is -1.90. The number of nitrogens with one attached hydrogen (secondary N) is 1. The van der Waals surface area contributed by atoms with Crippen molar-refractivity contribution in [2.75, 3.05) is 23.4 Å². The van der Waals surface area contributed by atoms with Crippen LogP contribution in [0.3, 0.4) is 0 Å². The van der Waals surface area contributed by atoms with Gasteiger partial charge in [0.1, 0.15) is 0 Å². The number of carbonyl (C=O) groups excluding carboxylic acids is 1. The zero-order valence-electron chi connectivity index (χ0n) is 15.1. The molecule has 4 rings (SSSR count). The summed E-state index contributed by atoms with van der Waals surface area (Å²) in [4.78, 5) is 15.8. The summed E-state index contributed by atoms with van der Waals surface area (Å²) in [6.07, 6.45) is -3.78. The zero-order valence-corrected chi connectivity index (χ0v) is 15.9. The van der Waals surface area contributed by atoms with Gasteiger partial charge in [-0.05, 0) is 37.1 Å². The summed E-state index contributed by atoms with van der Waals surface area (Å²) in [6.45, 7) is 0.665. The summed E-state index contributed by atoms with van der Waals surface area (Å²) in [6, 6.07) is 12.1. The zero-order chi connectivity index (χ0) is 20.1. The summed E-state index contributed by atoms with van der Waals surface area (Å²) in [7, 11) is 1.92. The number of para-hydroxylation sites is 1. The Kier molecular flexibility index (Phi) is 4.65. The Labute approximate surface area is 165 Å². The molecule has 8 heteroatoms. The third-order valence-corrected chi connectivity index (χ3v) is 5.67. The predicted molar refractivity (Wildman–Crippen MR) is 103 cm³/mol. The van der Waals surface area contributed by atoms with E-state index in [1.165, 1.54) is 0 Å². The maximum absolute atomic E-state index is 12.9. The molecule has 0 spiro atoms. The van der Waals surface area contributed by atoms with Crippen molar-refractivity contribution in [3.63, 3.8) is 0 Å². The highest BCUT2D eigenvalue weighted by molar-refractivity contribution is 6.31. The van der Waals surface area contributed by atoms with Gasteiger partial charge >= 0.3 is 12.1 Å². The minimum absolute atomic E-state index is 0.418. The van der Waals surface area contributed by atoms with Crippen LogP contribution in [0.2, 0.25) is 5.02 Å². The normalized spacial score (nSPS) is 21.3. The number of benzene rings is 2. The largest absolute Gasteiger partial charge is 0.471 e. The van der Waals surface area contributed by atoms with E-state index in [4.69, 9.17) is 11.6 Å². The highest BCUT2D eigenvalue weighted by Crippen LogP contribution is 2.48. The Morgan fingerprint density at radius 3 is 2.64 bits per heavy atom. The number of hydrogen-bond donors (Lipinski definition) is 1. The van der Waals surface area contributed by atoms with Crippen LogP contribution in [0, 0.1) is 0 Å². The van der Waals surface area contributed by atoms with Gasteiger partial charge in [-0.2, -0.15) is 13.2 Å². The minimum Gasteiger partial charge on any atom is -0.361 e.